The van der Waals surface area contributed by atoms with Gasteiger partial charge in [0.1, 0.15) is 0 Å². The van der Waals surface area contributed by atoms with Gasteiger partial charge in [0.2, 0.25) is 18.2 Å². The quantitative estimate of drug-likeness (QED) is 0.104. The van der Waals surface area contributed by atoms with E-state index in [0.29, 0.717) is 37.0 Å². The fourth-order valence-electron chi connectivity index (χ4n) is 8.44. The Balaban J connectivity index is 0.807. The normalized spacial score (nSPS) is 15.1. The van der Waals surface area contributed by atoms with Crippen molar-refractivity contribution in [2.45, 2.75) is 58.9 Å². The van der Waals surface area contributed by atoms with Gasteiger partial charge in [-0.05, 0) is 90.9 Å². The lowest BCUT2D eigenvalue weighted by Crippen LogP contribution is -2.49. The van der Waals surface area contributed by atoms with Crippen molar-refractivity contribution in [3.63, 3.8) is 0 Å². The van der Waals surface area contributed by atoms with Crippen molar-refractivity contribution in [1.29, 1.82) is 0 Å². The molecule has 8 rings (SSSR count). The van der Waals surface area contributed by atoms with Crippen LogP contribution in [0.25, 0.3) is 33.4 Å². The minimum atomic E-state index is -0.402. The van der Waals surface area contributed by atoms with Crippen LogP contribution in [0.5, 0.6) is 0 Å². The van der Waals surface area contributed by atoms with E-state index in [9.17, 15) is 14.4 Å². The van der Waals surface area contributed by atoms with Crippen LogP contribution in [-0.2, 0) is 21.5 Å². The number of benzene rings is 3. The third-order valence-electron chi connectivity index (χ3n) is 12.4. The van der Waals surface area contributed by atoms with Gasteiger partial charge in [0.25, 0.3) is 0 Å². The number of amides is 3. The molecule has 2 fully saturated rings. The number of hydrogen-bond acceptors (Lipinski definition) is 12. The van der Waals surface area contributed by atoms with Gasteiger partial charge in [0.15, 0.2) is 5.65 Å². The van der Waals surface area contributed by atoms with E-state index in [2.05, 4.69) is 106 Å². The number of carbonyl (C=O) groups excluding carboxylic acids is 3. The molecule has 6 aromatic rings. The van der Waals surface area contributed by atoms with Crippen LogP contribution in [-0.4, -0.2) is 108 Å². The maximum atomic E-state index is 12.7. The highest BCUT2D eigenvalue weighted by atomic mass is 16.4. The number of imide groups is 1. The van der Waals surface area contributed by atoms with Gasteiger partial charge in [0.05, 0.1) is 5.69 Å². The second kappa shape index (κ2) is 18.8. The number of aromatic amines is 1. The number of piperazine rings is 1. The number of pyridine rings is 1. The summed E-state index contributed by atoms with van der Waals surface area (Å²) in [5.74, 6) is 0.411. The van der Waals surface area contributed by atoms with Crippen LogP contribution >= 0.6 is 0 Å². The first-order chi connectivity index (χ1) is 30.4. The van der Waals surface area contributed by atoms with E-state index in [0.717, 1.165) is 90.4 Å². The number of H-pyrrole nitrogens is 1. The van der Waals surface area contributed by atoms with Crippen LogP contribution in [0.15, 0.2) is 83.4 Å². The molecule has 2 aliphatic rings. The van der Waals surface area contributed by atoms with Crippen molar-refractivity contribution in [2.24, 2.45) is 5.92 Å². The molecule has 2 aliphatic heterocycles. The SMILES string of the molecule is Cc1cc(-c2[nH]nc3ncc(-c4ccc(N5CCN(CC6CCN(c7ccc(N(C)CCC(=O)NC=O)cc7)CC6)CC5)cc4)cc23)ccc1CNC(=O)c1nnc(C(C)(C)C)o1. The van der Waals surface area contributed by atoms with Crippen LogP contribution in [0.2, 0.25) is 0 Å². The van der Waals surface area contributed by atoms with E-state index >= 15 is 0 Å². The highest BCUT2D eigenvalue weighted by molar-refractivity contribution is 5.93. The first kappa shape index (κ1) is 43.1. The molecule has 15 heteroatoms. The number of aromatic nitrogens is 5. The number of aryl methyl sites for hydroxylation is 1. The summed E-state index contributed by atoms with van der Waals surface area (Å²) in [5.41, 5.74) is 9.87. The monoisotopic (exact) mass is 851 g/mol. The van der Waals surface area contributed by atoms with Crippen molar-refractivity contribution in [3.8, 4) is 22.4 Å². The molecule has 15 nitrogen and oxygen atoms in total. The molecule has 5 heterocycles. The van der Waals surface area contributed by atoms with Gasteiger partial charge >= 0.3 is 11.8 Å². The Morgan fingerprint density at radius 1 is 0.873 bits per heavy atom. The lowest BCUT2D eigenvalue weighted by atomic mass is 9.95. The molecular formula is C48H57N11O4. The molecule has 0 unspecified atom stereocenters. The van der Waals surface area contributed by atoms with Crippen molar-refractivity contribution in [2.75, 3.05) is 74.1 Å². The number of nitrogens with zero attached hydrogens (tertiary/aromatic N) is 8. The van der Waals surface area contributed by atoms with Gasteiger partial charge < -0.3 is 24.4 Å². The maximum absolute atomic E-state index is 12.7. The second-order valence-electron chi connectivity index (χ2n) is 17.8. The molecule has 0 atom stereocenters. The highest BCUT2D eigenvalue weighted by Crippen LogP contribution is 2.32. The Morgan fingerprint density at radius 3 is 2.22 bits per heavy atom. The fraction of sp³-hybridized carbons (Fsp3) is 0.396. The van der Waals surface area contributed by atoms with Gasteiger partial charge in [-0.25, -0.2) is 4.98 Å². The highest BCUT2D eigenvalue weighted by Gasteiger charge is 2.26. The fourth-order valence-corrected chi connectivity index (χ4v) is 8.44. The van der Waals surface area contributed by atoms with Gasteiger partial charge in [-0.15, -0.1) is 10.2 Å². The van der Waals surface area contributed by atoms with E-state index in [1.807, 2.05) is 58.0 Å². The standard InChI is InChI=1S/C48H57N11O4/c1-32-26-35(6-7-36(32)28-50-45(62)46-54-55-47(63-46)48(2,3)4)43-41-27-37(29-49-44(41)53-52-43)34-8-10-39(11-9-34)59-24-22-57(23-25-59)30-33-16-20-58(21-17-33)40-14-12-38(13-15-40)56(5)19-18-42(61)51-31-60/h6-15,26-27,29,31,33H,16-25,28,30H2,1-5H3,(H,50,62)(H,49,52,53)(H,51,60,61). The summed E-state index contributed by atoms with van der Waals surface area (Å²) in [6, 6.07) is 25.7. The van der Waals surface area contributed by atoms with E-state index in [1.165, 1.54) is 24.2 Å². The van der Waals surface area contributed by atoms with Crippen molar-refractivity contribution < 1.29 is 18.8 Å². The molecule has 63 heavy (non-hydrogen) atoms. The molecule has 3 amide bonds. The average molecular weight is 852 g/mol. The lowest BCUT2D eigenvalue weighted by molar-refractivity contribution is -0.125. The predicted molar refractivity (Wildman–Crippen MR) is 246 cm³/mol. The van der Waals surface area contributed by atoms with Crippen LogP contribution in [0.3, 0.4) is 0 Å². The first-order valence-electron chi connectivity index (χ1n) is 21.8. The summed E-state index contributed by atoms with van der Waals surface area (Å²) in [6.07, 6.45) is 4.96. The van der Waals surface area contributed by atoms with Crippen molar-refractivity contribution in [3.05, 3.63) is 102 Å². The minimum Gasteiger partial charge on any atom is -0.416 e. The zero-order valence-electron chi connectivity index (χ0n) is 36.9. The molecule has 3 N–H and O–H groups in total. The largest absolute Gasteiger partial charge is 0.416 e. The Hall–Kier alpha value is -6.61. The van der Waals surface area contributed by atoms with Gasteiger partial charge in [0, 0.05) is 118 Å². The summed E-state index contributed by atoms with van der Waals surface area (Å²) >= 11 is 0. The van der Waals surface area contributed by atoms with Gasteiger partial charge in [-0.3, -0.25) is 29.7 Å². The number of nitrogens with one attached hydrogen (secondary N) is 3. The Morgan fingerprint density at radius 2 is 1.56 bits per heavy atom. The van der Waals surface area contributed by atoms with Crippen LogP contribution < -0.4 is 25.3 Å². The van der Waals surface area contributed by atoms with Crippen LogP contribution in [0.4, 0.5) is 17.1 Å². The minimum absolute atomic E-state index is 0.0414. The number of carbonyl (C=O) groups is 3. The van der Waals surface area contributed by atoms with Gasteiger partial charge in [-0.2, -0.15) is 5.10 Å². The molecule has 328 valence electrons. The number of rotatable bonds is 14. The summed E-state index contributed by atoms with van der Waals surface area (Å²) in [4.78, 5) is 49.2. The average Bonchev–Trinajstić information content (AvgIpc) is 3.98. The maximum Gasteiger partial charge on any atom is 0.309 e. The predicted octanol–water partition coefficient (Wildman–Crippen LogP) is 6.35. The molecule has 0 bridgehead atoms. The Labute approximate surface area is 368 Å². The van der Waals surface area contributed by atoms with E-state index < -0.39 is 5.91 Å². The van der Waals surface area contributed by atoms with Crippen molar-refractivity contribution >= 4 is 46.3 Å². The molecular weight excluding hydrogens is 795 g/mol. The second-order valence-corrected chi connectivity index (χ2v) is 17.8. The molecule has 3 aromatic carbocycles. The molecule has 2 saturated heterocycles. The third kappa shape index (κ3) is 10.2. The van der Waals surface area contributed by atoms with Crippen LogP contribution in [0, 0.1) is 12.8 Å². The summed E-state index contributed by atoms with van der Waals surface area (Å²) in [7, 11) is 1.96. The van der Waals surface area contributed by atoms with E-state index in [-0.39, 0.29) is 23.6 Å². The zero-order chi connectivity index (χ0) is 44.1. The van der Waals surface area contributed by atoms with Crippen LogP contribution in [0.1, 0.15) is 67.7 Å². The Kier molecular flexibility index (Phi) is 12.8. The Bertz CT molecular complexity index is 2530. The van der Waals surface area contributed by atoms with Crippen molar-refractivity contribution in [1.82, 2.24) is 40.9 Å². The number of hydrogen-bond donors (Lipinski definition) is 3. The lowest BCUT2D eigenvalue weighted by Gasteiger charge is -2.40. The molecule has 0 radical (unpaired) electrons. The first-order valence-corrected chi connectivity index (χ1v) is 21.8. The molecule has 0 saturated carbocycles. The summed E-state index contributed by atoms with van der Waals surface area (Å²) in [5, 5.41) is 21.7. The summed E-state index contributed by atoms with van der Waals surface area (Å²) < 4.78 is 5.60. The smallest absolute Gasteiger partial charge is 0.309 e. The van der Waals surface area contributed by atoms with E-state index in [1.54, 1.807) is 0 Å². The van der Waals surface area contributed by atoms with Gasteiger partial charge in [-0.1, -0.05) is 45.0 Å². The third-order valence-corrected chi connectivity index (χ3v) is 12.4. The molecule has 0 spiro atoms. The molecule has 3 aromatic heterocycles. The number of piperidine rings is 1. The zero-order valence-corrected chi connectivity index (χ0v) is 36.9. The van der Waals surface area contributed by atoms with E-state index in [4.69, 9.17) is 9.40 Å². The number of anilines is 3. The topological polar surface area (TPSA) is 169 Å². The number of fused-ring (bicyclic) bond motifs is 1. The molecule has 0 aliphatic carbocycles. The summed E-state index contributed by atoms with van der Waals surface area (Å²) in [6.45, 7) is 16.2.